The molecule has 0 saturated carbocycles. The molecule has 4 atom stereocenters. The molecule has 26 heteroatoms. The number of esters is 1. The number of carboxylic acid groups (broad SMARTS) is 2. The SMILES string of the molecule is C.CC(=O)OCC1=C(C(=O)O)N2C(=O)C(N)C2SC1.I.II.I[I-]I.NC1C(=O)N2C(C(=O)O)=C(CSC(=O)c3ccco3)CSC12.O=C(S)c1ccco1. The van der Waals surface area contributed by atoms with E-state index in [0.29, 0.717) is 35.9 Å². The molecule has 4 unspecified atom stereocenters. The first-order valence-corrected chi connectivity index (χ1v) is 36.5. The zero-order valence-corrected chi connectivity index (χ0v) is 43.6. The maximum absolute atomic E-state index is 11.9. The number of thiol groups is 1. The molecule has 0 aromatic carbocycles. The summed E-state index contributed by atoms with van der Waals surface area (Å²) >= 11 is 16.8. The predicted molar refractivity (Wildman–Crippen MR) is 254 cm³/mol. The van der Waals surface area contributed by atoms with Crippen molar-refractivity contribution in [2.75, 3.05) is 23.9 Å². The van der Waals surface area contributed by atoms with Gasteiger partial charge >= 0.3 is 68.4 Å². The fraction of sp³-hybridized carbons (Fsp3) is 0.345. The largest absolute Gasteiger partial charge is 0.477 e. The Morgan fingerprint density at radius 3 is 1.69 bits per heavy atom. The number of ether oxygens (including phenoxy) is 1. The molecule has 308 valence electrons. The van der Waals surface area contributed by atoms with Gasteiger partial charge in [-0.15, -0.1) is 47.5 Å². The number of halogens is 6. The molecule has 2 aromatic heterocycles. The van der Waals surface area contributed by atoms with Crippen molar-refractivity contribution in [1.82, 2.24) is 9.80 Å². The molecule has 2 amide bonds. The number of carbonyl (C=O) groups is 7. The van der Waals surface area contributed by atoms with E-state index in [2.05, 4.69) is 91.5 Å². The number of carboxylic acids is 2. The molecule has 6 heterocycles. The van der Waals surface area contributed by atoms with Gasteiger partial charge in [0.1, 0.15) is 40.8 Å². The third-order valence-corrected chi connectivity index (χ3v) is 10.8. The van der Waals surface area contributed by atoms with E-state index in [1.165, 1.54) is 52.8 Å². The molecule has 0 radical (unpaired) electrons. The minimum absolute atomic E-state index is 0. The topological polar surface area (TPSA) is 254 Å². The van der Waals surface area contributed by atoms with Crippen LogP contribution in [0.5, 0.6) is 0 Å². The molecule has 0 bridgehead atoms. The summed E-state index contributed by atoms with van der Waals surface area (Å²) in [6.45, 7) is 1.13. The van der Waals surface area contributed by atoms with Crippen LogP contribution in [0.25, 0.3) is 0 Å². The normalized spacial score (nSPS) is 20.1. The first kappa shape index (κ1) is 55.4. The van der Waals surface area contributed by atoms with Crippen LogP contribution in [0, 0.1) is 0 Å². The molecule has 55 heavy (non-hydrogen) atoms. The maximum atomic E-state index is 11.9. The second-order valence-electron chi connectivity index (χ2n) is 10.1. The first-order chi connectivity index (χ1) is 25.2. The summed E-state index contributed by atoms with van der Waals surface area (Å²) in [4.78, 5) is 81.3. The minimum Gasteiger partial charge on any atom is -0.477 e. The van der Waals surface area contributed by atoms with Gasteiger partial charge in [-0.1, -0.05) is 31.8 Å². The van der Waals surface area contributed by atoms with E-state index in [-0.39, 0.29) is 87.7 Å². The maximum Gasteiger partial charge on any atom is 0.352 e. The summed E-state index contributed by atoms with van der Waals surface area (Å²) < 4.78 is 14.5. The minimum atomic E-state index is -1.21. The van der Waals surface area contributed by atoms with Crippen molar-refractivity contribution in [3.05, 3.63) is 70.9 Å². The van der Waals surface area contributed by atoms with Gasteiger partial charge in [0, 0.05) is 67.0 Å². The fourth-order valence-corrected chi connectivity index (χ4v) is 8.22. The van der Waals surface area contributed by atoms with E-state index in [9.17, 15) is 38.7 Å². The summed E-state index contributed by atoms with van der Waals surface area (Å²) in [5, 5.41) is 17.3. The summed E-state index contributed by atoms with van der Waals surface area (Å²) in [6.07, 6.45) is 2.83. The molecule has 6 N–H and O–H groups in total. The molecule has 0 aliphatic carbocycles. The number of fused-ring (bicyclic) bond motifs is 2. The van der Waals surface area contributed by atoms with Gasteiger partial charge in [0.25, 0.3) is 10.2 Å². The Kier molecular flexibility index (Phi) is 28.3. The summed E-state index contributed by atoms with van der Waals surface area (Å²) in [6, 6.07) is 5.05. The number of β-lactam (4-membered cyclic amide) rings is 2. The Labute approximate surface area is 404 Å². The smallest absolute Gasteiger partial charge is 0.352 e. The molecular weight excluding hydrogens is 1490 g/mol. The van der Waals surface area contributed by atoms with Gasteiger partial charge in [-0.2, -0.15) is 0 Å². The zero-order chi connectivity index (χ0) is 40.0. The number of amides is 2. The Morgan fingerprint density at radius 2 is 1.33 bits per heavy atom. The Morgan fingerprint density at radius 1 is 0.909 bits per heavy atom. The Hall–Kier alpha value is 0.430. The average Bonchev–Trinajstić information content (AvgIpc) is 3.89. The van der Waals surface area contributed by atoms with Crippen LogP contribution in [0.3, 0.4) is 0 Å². The van der Waals surface area contributed by atoms with Crippen LogP contribution in [0.1, 0.15) is 35.5 Å². The number of aliphatic carboxylic acids is 2. The summed E-state index contributed by atoms with van der Waals surface area (Å²) in [7, 11) is 0. The number of furan rings is 2. The number of nitrogens with zero attached hydrogens (tertiary/aromatic N) is 2. The number of thioether (sulfide) groups is 3. The van der Waals surface area contributed by atoms with E-state index in [1.54, 1.807) is 24.3 Å². The van der Waals surface area contributed by atoms with Gasteiger partial charge in [0.05, 0.1) is 12.5 Å². The molecule has 16 nitrogen and oxygen atoms in total. The van der Waals surface area contributed by atoms with Crippen molar-refractivity contribution in [2.45, 2.75) is 37.2 Å². The van der Waals surface area contributed by atoms with Crippen LogP contribution in [0.4, 0.5) is 0 Å². The molecule has 2 saturated heterocycles. The van der Waals surface area contributed by atoms with E-state index in [1.807, 2.05) is 0 Å². The number of carbonyl (C=O) groups excluding carboxylic acids is 5. The quantitative estimate of drug-likeness (QED) is 0.110. The first-order valence-electron chi connectivity index (χ1n) is 14.1. The summed E-state index contributed by atoms with van der Waals surface area (Å²) in [5.41, 5.74) is 12.1. The van der Waals surface area contributed by atoms with Crippen LogP contribution in [0.15, 0.2) is 68.2 Å². The summed E-state index contributed by atoms with van der Waals surface area (Å²) in [5.74, 6) is -2.17. The Balaban J connectivity index is 0.000000793. The monoisotopic (exact) mass is 1520 g/mol. The van der Waals surface area contributed by atoms with Crippen molar-refractivity contribution in [3.8, 4) is 0 Å². The van der Waals surface area contributed by atoms with Gasteiger partial charge in [-0.25, -0.2) is 9.59 Å². The zero-order valence-electron chi connectivity index (χ0n) is 27.1. The second-order valence-corrected chi connectivity index (χ2v) is 29.9. The van der Waals surface area contributed by atoms with Crippen LogP contribution < -0.4 is 24.7 Å². The van der Waals surface area contributed by atoms with Crippen molar-refractivity contribution in [1.29, 1.82) is 0 Å². The van der Waals surface area contributed by atoms with Gasteiger partial charge in [-0.3, -0.25) is 33.8 Å². The molecule has 4 aliphatic rings. The number of hydrogen-bond donors (Lipinski definition) is 5. The molecule has 4 aliphatic heterocycles. The predicted octanol–water partition coefficient (Wildman–Crippen LogP) is 3.02. The van der Waals surface area contributed by atoms with Gasteiger partial charge < -0.3 is 35.3 Å². The average molecular weight is 1520 g/mol. The van der Waals surface area contributed by atoms with Gasteiger partial charge in [0.2, 0.25) is 11.8 Å². The molecule has 2 fully saturated rings. The molecule has 2 aromatic rings. The third kappa shape index (κ3) is 15.4. The van der Waals surface area contributed by atoms with Gasteiger partial charge in [0.15, 0.2) is 11.5 Å². The van der Waals surface area contributed by atoms with Crippen LogP contribution in [-0.2, 0) is 28.7 Å². The van der Waals surface area contributed by atoms with Crippen LogP contribution in [-0.4, -0.2) is 107 Å². The fourth-order valence-electron chi connectivity index (χ4n) is 4.59. The number of hydrogen-bond acceptors (Lipinski definition) is 15. The van der Waals surface area contributed by atoms with Crippen LogP contribution in [0.2, 0.25) is 0 Å². The van der Waals surface area contributed by atoms with E-state index in [4.69, 9.17) is 25.7 Å². The Bertz CT molecular complexity index is 1720. The van der Waals surface area contributed by atoms with Gasteiger partial charge in [-0.05, 0) is 29.8 Å². The van der Waals surface area contributed by atoms with Crippen molar-refractivity contribution < 1.29 is 70.6 Å². The number of nitrogens with two attached hydrogens (primary N) is 2. The third-order valence-electron chi connectivity index (χ3n) is 6.86. The number of rotatable bonds is 8. The van der Waals surface area contributed by atoms with E-state index < -0.39 is 41.8 Å². The molecule has 0 spiro atoms. The van der Waals surface area contributed by atoms with E-state index >= 15 is 0 Å². The molecular formula is C29H33I6N4O12S4-. The van der Waals surface area contributed by atoms with Crippen molar-refractivity contribution >= 4 is 186 Å². The van der Waals surface area contributed by atoms with E-state index in [0.717, 1.165) is 11.8 Å². The van der Waals surface area contributed by atoms with Crippen molar-refractivity contribution in [2.24, 2.45) is 11.5 Å². The molecule has 6 rings (SSSR count). The van der Waals surface area contributed by atoms with Crippen molar-refractivity contribution in [3.63, 3.8) is 0 Å². The van der Waals surface area contributed by atoms with Crippen LogP contribution >= 0.6 is 146 Å². The standard InChI is InChI=1S/C13H12N2O5S2.C10H12N2O5S.C5H4O2S.CH4.I3.I2.HI/c14-8-10(16)15-9(12(17)18)6(4-21-11(8)15)5-22-13(19)7-2-1-3-20-7;1-4(13)17-2-5-3-18-9-6(11)8(14)12(9)7(5)10(15)16;6-5(8)4-2-1-3-7-4;;1-3-2;1-2;/h1-3,8,11H,4-5,14H2,(H,17,18);6,9H,2-3,11H2,1H3,(H,15,16);1-3H,(H,6,8);1H4;;;1H/q;;;;-1;;. The second kappa shape index (κ2) is 28.0.